The van der Waals surface area contributed by atoms with E-state index in [1.54, 1.807) is 19.2 Å². The van der Waals surface area contributed by atoms with Crippen LogP contribution in [0.1, 0.15) is 33.0 Å². The molecule has 0 spiro atoms. The summed E-state index contributed by atoms with van der Waals surface area (Å²) in [7, 11) is -4.60. The van der Waals surface area contributed by atoms with Crippen LogP contribution in [0, 0.1) is 0 Å². The first-order chi connectivity index (χ1) is 9.70. The third kappa shape index (κ3) is 6.73. The van der Waals surface area contributed by atoms with Crippen molar-refractivity contribution < 1.29 is 17.0 Å². The molecule has 1 rings (SSSR count). The molecular weight excluding hydrogens is 312 g/mol. The van der Waals surface area contributed by atoms with Gasteiger partial charge >= 0.3 is 0 Å². The molecule has 1 aromatic heterocycles. The molecule has 21 heavy (non-hydrogen) atoms. The predicted molar refractivity (Wildman–Crippen MR) is 84.0 cm³/mol. The van der Waals surface area contributed by atoms with Gasteiger partial charge in [-0.15, -0.1) is 0 Å². The van der Waals surface area contributed by atoms with E-state index in [9.17, 15) is 12.6 Å². The van der Waals surface area contributed by atoms with Crippen molar-refractivity contribution in [1.82, 2.24) is 10.0 Å². The molecule has 6 nitrogen and oxygen atoms in total. The molecule has 0 radical (unpaired) electrons. The highest BCUT2D eigenvalue weighted by Crippen LogP contribution is 2.14. The molecule has 0 aromatic carbocycles. The van der Waals surface area contributed by atoms with Gasteiger partial charge in [0.2, 0.25) is 5.09 Å². The average molecular weight is 336 g/mol. The normalized spacial score (nSPS) is 15.3. The van der Waals surface area contributed by atoms with Gasteiger partial charge in [-0.2, -0.15) is 0 Å². The Bertz CT molecular complexity index is 566. The maximum atomic E-state index is 12.1. The molecule has 0 aliphatic rings. The van der Waals surface area contributed by atoms with Crippen molar-refractivity contribution in [2.24, 2.45) is 0 Å². The van der Waals surface area contributed by atoms with Gasteiger partial charge in [0.15, 0.2) is 0 Å². The molecule has 0 saturated heterocycles. The van der Waals surface area contributed by atoms with Gasteiger partial charge in [0.25, 0.3) is 10.0 Å². The van der Waals surface area contributed by atoms with Crippen LogP contribution in [0.2, 0.25) is 0 Å². The molecule has 0 fully saturated rings. The molecule has 0 bridgehead atoms. The number of furan rings is 1. The third-order valence-corrected chi connectivity index (χ3v) is 5.05. The molecule has 0 amide bonds. The molecule has 0 saturated carbocycles. The van der Waals surface area contributed by atoms with E-state index in [1.807, 2.05) is 13.8 Å². The van der Waals surface area contributed by atoms with Crippen LogP contribution in [0.15, 0.2) is 21.6 Å². The lowest BCUT2D eigenvalue weighted by atomic mass is 10.3. The second-order valence-corrected chi connectivity index (χ2v) is 8.54. The number of rotatable bonds is 9. The summed E-state index contributed by atoms with van der Waals surface area (Å²) in [6, 6.07) is 3.10. The fourth-order valence-corrected chi connectivity index (χ4v) is 3.54. The molecule has 2 unspecified atom stereocenters. The number of sulfonamides is 1. The number of nitrogens with one attached hydrogen (secondary N) is 2. The largest absolute Gasteiger partial charge is 0.447 e. The van der Waals surface area contributed by atoms with Crippen LogP contribution in [-0.4, -0.2) is 36.7 Å². The Kier molecular flexibility index (Phi) is 7.05. The van der Waals surface area contributed by atoms with Crippen molar-refractivity contribution in [3.63, 3.8) is 0 Å². The van der Waals surface area contributed by atoms with Gasteiger partial charge in [0, 0.05) is 34.9 Å². The first-order valence-electron chi connectivity index (χ1n) is 6.85. The van der Waals surface area contributed by atoms with Gasteiger partial charge in [0.05, 0.1) is 6.54 Å². The van der Waals surface area contributed by atoms with Crippen molar-refractivity contribution in [3.05, 3.63) is 17.9 Å². The minimum absolute atomic E-state index is 0.0903. The second kappa shape index (κ2) is 8.07. The van der Waals surface area contributed by atoms with Crippen LogP contribution < -0.4 is 10.0 Å². The van der Waals surface area contributed by atoms with Gasteiger partial charge in [-0.3, -0.25) is 4.21 Å². The Hall–Kier alpha value is -0.700. The van der Waals surface area contributed by atoms with Crippen molar-refractivity contribution in [1.29, 1.82) is 0 Å². The molecule has 122 valence electrons. The lowest BCUT2D eigenvalue weighted by Crippen LogP contribution is -2.33. The van der Waals surface area contributed by atoms with Crippen molar-refractivity contribution in [2.75, 3.05) is 12.0 Å². The highest BCUT2D eigenvalue weighted by atomic mass is 32.2. The van der Waals surface area contributed by atoms with Gasteiger partial charge < -0.3 is 9.73 Å². The Balaban J connectivity index is 2.63. The van der Waals surface area contributed by atoms with E-state index < -0.39 is 20.8 Å². The molecule has 2 atom stereocenters. The summed E-state index contributed by atoms with van der Waals surface area (Å²) in [5.41, 5.74) is 0. The fourth-order valence-electron chi connectivity index (χ4n) is 1.63. The van der Waals surface area contributed by atoms with E-state index in [2.05, 4.69) is 10.0 Å². The Morgan fingerprint density at radius 2 is 1.95 bits per heavy atom. The molecule has 1 aromatic rings. The quantitative estimate of drug-likeness (QED) is 0.708. The van der Waals surface area contributed by atoms with Gasteiger partial charge in [-0.1, -0.05) is 13.8 Å². The van der Waals surface area contributed by atoms with Crippen molar-refractivity contribution in [3.8, 4) is 0 Å². The van der Waals surface area contributed by atoms with Gasteiger partial charge in [-0.05, 0) is 25.5 Å². The first kappa shape index (κ1) is 18.3. The van der Waals surface area contributed by atoms with Crippen molar-refractivity contribution in [2.45, 2.75) is 50.9 Å². The predicted octanol–water partition coefficient (Wildman–Crippen LogP) is 1.21. The maximum absolute atomic E-state index is 12.1. The monoisotopic (exact) mass is 336 g/mol. The Morgan fingerprint density at radius 1 is 1.29 bits per heavy atom. The third-order valence-electron chi connectivity index (χ3n) is 2.78. The van der Waals surface area contributed by atoms with Crippen LogP contribution in [0.4, 0.5) is 0 Å². The molecular formula is C13H24N2O4S2. The summed E-state index contributed by atoms with van der Waals surface area (Å²) in [6.45, 7) is 6.23. The fraction of sp³-hybridized carbons (Fsp3) is 0.692. The smallest absolute Gasteiger partial charge is 0.274 e. The summed E-state index contributed by atoms with van der Waals surface area (Å²) in [5, 5.41) is 3.07. The summed E-state index contributed by atoms with van der Waals surface area (Å²) in [5.74, 6) is 1.04. The first-order valence-corrected chi connectivity index (χ1v) is 10.1. The molecule has 1 heterocycles. The minimum Gasteiger partial charge on any atom is -0.447 e. The lowest BCUT2D eigenvalue weighted by Gasteiger charge is -2.12. The average Bonchev–Trinajstić information content (AvgIpc) is 2.83. The molecule has 0 aliphatic heterocycles. The minimum atomic E-state index is -3.67. The van der Waals surface area contributed by atoms with Crippen LogP contribution in [0.25, 0.3) is 0 Å². The standard InChI is InChI=1S/C13H24N2O4S2/c1-10(2)14-9-12-5-6-13(19-12)21(17,18)15-11(3)7-8-20(4)16/h5-6,10-11,14-15H,7-9H2,1-4H3. The van der Waals surface area contributed by atoms with Crippen LogP contribution in [-0.2, 0) is 27.4 Å². The second-order valence-electron chi connectivity index (χ2n) is 5.34. The number of hydrogen-bond acceptors (Lipinski definition) is 5. The van der Waals surface area contributed by atoms with E-state index in [-0.39, 0.29) is 11.1 Å². The van der Waals surface area contributed by atoms with E-state index in [0.717, 1.165) is 0 Å². The maximum Gasteiger partial charge on any atom is 0.274 e. The molecule has 8 heteroatoms. The summed E-state index contributed by atoms with van der Waals surface area (Å²) < 4.78 is 43.2. The summed E-state index contributed by atoms with van der Waals surface area (Å²) >= 11 is 0. The summed E-state index contributed by atoms with van der Waals surface area (Å²) in [4.78, 5) is 0. The number of hydrogen-bond donors (Lipinski definition) is 2. The summed E-state index contributed by atoms with van der Waals surface area (Å²) in [6.07, 6.45) is 2.12. The van der Waals surface area contributed by atoms with Crippen LogP contribution in [0.3, 0.4) is 0 Å². The van der Waals surface area contributed by atoms with E-state index in [1.165, 1.54) is 6.07 Å². The Morgan fingerprint density at radius 3 is 2.52 bits per heavy atom. The van der Waals surface area contributed by atoms with E-state index >= 15 is 0 Å². The zero-order valence-corrected chi connectivity index (χ0v) is 14.5. The topological polar surface area (TPSA) is 88.4 Å². The van der Waals surface area contributed by atoms with Gasteiger partial charge in [-0.25, -0.2) is 13.1 Å². The SMILES string of the molecule is CC(C)NCc1ccc(S(=O)(=O)NC(C)CCS(C)=O)o1. The zero-order valence-electron chi connectivity index (χ0n) is 12.9. The van der Waals surface area contributed by atoms with E-state index in [4.69, 9.17) is 4.42 Å². The Labute approximate surface area is 129 Å². The lowest BCUT2D eigenvalue weighted by molar-refractivity contribution is 0.391. The highest BCUT2D eigenvalue weighted by molar-refractivity contribution is 7.89. The highest BCUT2D eigenvalue weighted by Gasteiger charge is 2.21. The van der Waals surface area contributed by atoms with Crippen LogP contribution >= 0.6 is 0 Å². The van der Waals surface area contributed by atoms with Crippen LogP contribution in [0.5, 0.6) is 0 Å². The molecule has 0 aliphatic carbocycles. The molecule has 2 N–H and O–H groups in total. The van der Waals surface area contributed by atoms with Crippen molar-refractivity contribution >= 4 is 20.8 Å². The zero-order chi connectivity index (χ0) is 16.0. The van der Waals surface area contributed by atoms with E-state index in [0.29, 0.717) is 30.5 Å². The van der Waals surface area contributed by atoms with Gasteiger partial charge in [0.1, 0.15) is 5.76 Å².